The zero-order valence-electron chi connectivity index (χ0n) is 18.2. The van der Waals surface area contributed by atoms with Crippen molar-refractivity contribution in [2.45, 2.75) is 19.4 Å². The van der Waals surface area contributed by atoms with Gasteiger partial charge >= 0.3 is 0 Å². The number of fused-ring (bicyclic) bond motifs is 1. The second-order valence-electron chi connectivity index (χ2n) is 7.68. The van der Waals surface area contributed by atoms with Gasteiger partial charge in [0.2, 0.25) is 0 Å². The van der Waals surface area contributed by atoms with E-state index in [0.29, 0.717) is 6.54 Å². The summed E-state index contributed by atoms with van der Waals surface area (Å²) in [5, 5.41) is 5.53. The first kappa shape index (κ1) is 21.7. The van der Waals surface area contributed by atoms with Gasteiger partial charge in [0.25, 0.3) is 5.91 Å². The number of rotatable bonds is 9. The van der Waals surface area contributed by atoms with Crippen LogP contribution in [0.15, 0.2) is 60.7 Å². The Morgan fingerprint density at radius 2 is 1.73 bits per heavy atom. The van der Waals surface area contributed by atoms with Gasteiger partial charge in [-0.3, -0.25) is 4.79 Å². The van der Waals surface area contributed by atoms with Crippen LogP contribution in [0.3, 0.4) is 0 Å². The van der Waals surface area contributed by atoms with Crippen LogP contribution in [-0.4, -0.2) is 40.3 Å². The molecule has 3 aromatic carbocycles. The van der Waals surface area contributed by atoms with Crippen molar-refractivity contribution in [3.63, 3.8) is 0 Å². The molecule has 1 amide bonds. The Labute approximate surface area is 178 Å². The van der Waals surface area contributed by atoms with E-state index in [0.717, 1.165) is 40.5 Å². The molecule has 0 aliphatic carbocycles. The Hall–Kier alpha value is -3.05. The zero-order chi connectivity index (χ0) is 21.5. The van der Waals surface area contributed by atoms with Gasteiger partial charge < -0.3 is 19.7 Å². The summed E-state index contributed by atoms with van der Waals surface area (Å²) in [4.78, 5) is 13.8. The number of carbonyl (C=O) groups is 1. The average Bonchev–Trinajstić information content (AvgIpc) is 2.76. The molecule has 0 aromatic heterocycles. The van der Waals surface area contributed by atoms with Crippen molar-refractivity contribution in [2.24, 2.45) is 0 Å². The van der Waals surface area contributed by atoms with E-state index in [4.69, 9.17) is 9.47 Å². The standard InChI is InChI=1S/C25H30N2O3/c1-18(21-11-7-9-20-8-5-6-10-22(20)21)26-25(28)17-27(2)15-14-19-12-13-23(29-3)24(16-19)30-4/h5-13,16,18H,14-15,17H2,1-4H3,(H,26,28)/p+1/t18-/m0/s1. The molecule has 0 aliphatic rings. The fourth-order valence-electron chi connectivity index (χ4n) is 3.75. The van der Waals surface area contributed by atoms with Crippen LogP contribution in [0.2, 0.25) is 0 Å². The number of hydrogen-bond acceptors (Lipinski definition) is 3. The second-order valence-corrected chi connectivity index (χ2v) is 7.68. The molecule has 0 fully saturated rings. The van der Waals surface area contributed by atoms with Crippen LogP contribution in [0.5, 0.6) is 11.5 Å². The Balaban J connectivity index is 1.54. The molecule has 3 rings (SSSR count). The van der Waals surface area contributed by atoms with Gasteiger partial charge in [0.15, 0.2) is 18.0 Å². The predicted octanol–water partition coefficient (Wildman–Crippen LogP) is 2.79. The maximum absolute atomic E-state index is 12.6. The van der Waals surface area contributed by atoms with E-state index in [1.165, 1.54) is 10.8 Å². The van der Waals surface area contributed by atoms with Crippen LogP contribution in [0.1, 0.15) is 24.1 Å². The highest BCUT2D eigenvalue weighted by atomic mass is 16.5. The van der Waals surface area contributed by atoms with Crippen molar-refractivity contribution in [3.8, 4) is 11.5 Å². The van der Waals surface area contributed by atoms with Crippen molar-refractivity contribution in [2.75, 3.05) is 34.4 Å². The fraction of sp³-hybridized carbons (Fsp3) is 0.320. The summed E-state index contributed by atoms with van der Waals surface area (Å²) >= 11 is 0. The second kappa shape index (κ2) is 10.1. The summed E-state index contributed by atoms with van der Waals surface area (Å²) in [5.74, 6) is 1.51. The molecule has 0 aliphatic heterocycles. The number of nitrogens with one attached hydrogen (secondary N) is 2. The van der Waals surface area contributed by atoms with E-state index >= 15 is 0 Å². The lowest BCUT2D eigenvalue weighted by Gasteiger charge is -2.19. The van der Waals surface area contributed by atoms with Crippen molar-refractivity contribution >= 4 is 16.7 Å². The van der Waals surface area contributed by atoms with Crippen molar-refractivity contribution < 1.29 is 19.2 Å². The molecular formula is C25H31N2O3+. The van der Waals surface area contributed by atoms with Gasteiger partial charge in [0, 0.05) is 6.42 Å². The molecule has 30 heavy (non-hydrogen) atoms. The Kier molecular flexibility index (Phi) is 7.31. The molecule has 5 nitrogen and oxygen atoms in total. The number of benzene rings is 3. The molecule has 3 aromatic rings. The van der Waals surface area contributed by atoms with Crippen LogP contribution < -0.4 is 19.7 Å². The van der Waals surface area contributed by atoms with Gasteiger partial charge in [-0.15, -0.1) is 0 Å². The minimum atomic E-state index is -0.0396. The van der Waals surface area contributed by atoms with E-state index in [9.17, 15) is 4.79 Å². The molecular weight excluding hydrogens is 376 g/mol. The summed E-state index contributed by atoms with van der Waals surface area (Å²) in [6.07, 6.45) is 0.859. The average molecular weight is 408 g/mol. The highest BCUT2D eigenvalue weighted by molar-refractivity contribution is 5.87. The molecule has 0 radical (unpaired) electrons. The third-order valence-electron chi connectivity index (χ3n) is 5.42. The van der Waals surface area contributed by atoms with Gasteiger partial charge in [0.05, 0.1) is 33.9 Å². The van der Waals surface area contributed by atoms with Crippen molar-refractivity contribution in [3.05, 3.63) is 71.8 Å². The summed E-state index contributed by atoms with van der Waals surface area (Å²) in [7, 11) is 5.32. The highest BCUT2D eigenvalue weighted by Gasteiger charge is 2.16. The summed E-state index contributed by atoms with van der Waals surface area (Å²) in [5.41, 5.74) is 2.31. The number of likely N-dealkylation sites (N-methyl/N-ethyl adjacent to an activating group) is 1. The fourth-order valence-corrected chi connectivity index (χ4v) is 3.75. The van der Waals surface area contributed by atoms with E-state index in [-0.39, 0.29) is 11.9 Å². The number of methoxy groups -OCH3 is 2. The largest absolute Gasteiger partial charge is 0.493 e. The van der Waals surface area contributed by atoms with E-state index in [1.807, 2.05) is 50.4 Å². The minimum absolute atomic E-state index is 0.0396. The van der Waals surface area contributed by atoms with Gasteiger partial charge in [-0.2, -0.15) is 0 Å². The molecule has 0 saturated carbocycles. The molecule has 2 atom stereocenters. The Morgan fingerprint density at radius 1 is 1.00 bits per heavy atom. The van der Waals surface area contributed by atoms with Crippen LogP contribution in [0.4, 0.5) is 0 Å². The Bertz CT molecular complexity index is 997. The topological polar surface area (TPSA) is 52.0 Å². The van der Waals surface area contributed by atoms with Crippen LogP contribution in [-0.2, 0) is 11.2 Å². The van der Waals surface area contributed by atoms with E-state index in [1.54, 1.807) is 14.2 Å². The van der Waals surface area contributed by atoms with Gasteiger partial charge in [-0.25, -0.2) is 0 Å². The first-order valence-corrected chi connectivity index (χ1v) is 10.3. The van der Waals surface area contributed by atoms with Crippen LogP contribution in [0.25, 0.3) is 10.8 Å². The monoisotopic (exact) mass is 407 g/mol. The first-order chi connectivity index (χ1) is 14.5. The number of ether oxygens (including phenoxy) is 2. The van der Waals surface area contributed by atoms with E-state index < -0.39 is 0 Å². The SMILES string of the molecule is COc1ccc(CC[NH+](C)CC(=O)N[C@@H](C)c2cccc3ccccc23)cc1OC. The number of hydrogen-bond donors (Lipinski definition) is 2. The van der Waals surface area contributed by atoms with Gasteiger partial charge in [-0.05, 0) is 41.0 Å². The van der Waals surface area contributed by atoms with Crippen LogP contribution >= 0.6 is 0 Å². The lowest BCUT2D eigenvalue weighted by molar-refractivity contribution is -0.871. The molecule has 2 N–H and O–H groups in total. The molecule has 0 saturated heterocycles. The summed E-state index contributed by atoms with van der Waals surface area (Å²) < 4.78 is 10.7. The van der Waals surface area contributed by atoms with Crippen molar-refractivity contribution in [1.29, 1.82) is 0 Å². The molecule has 1 unspecified atom stereocenters. The minimum Gasteiger partial charge on any atom is -0.493 e. The molecule has 0 bridgehead atoms. The third kappa shape index (κ3) is 5.30. The normalized spacial score (nSPS) is 12.9. The quantitative estimate of drug-likeness (QED) is 0.574. The van der Waals surface area contributed by atoms with Gasteiger partial charge in [-0.1, -0.05) is 48.5 Å². The summed E-state index contributed by atoms with van der Waals surface area (Å²) in [6.45, 7) is 3.33. The maximum atomic E-state index is 12.6. The lowest BCUT2D eigenvalue weighted by atomic mass is 10.00. The number of quaternary nitrogens is 1. The summed E-state index contributed by atoms with van der Waals surface area (Å²) in [6, 6.07) is 20.4. The number of carbonyl (C=O) groups excluding carboxylic acids is 1. The van der Waals surface area contributed by atoms with Crippen molar-refractivity contribution in [1.82, 2.24) is 5.32 Å². The molecule has 5 heteroatoms. The lowest BCUT2D eigenvalue weighted by Crippen LogP contribution is -3.10. The molecule has 0 spiro atoms. The highest BCUT2D eigenvalue weighted by Crippen LogP contribution is 2.27. The molecule has 158 valence electrons. The van der Waals surface area contributed by atoms with Gasteiger partial charge in [0.1, 0.15) is 0 Å². The van der Waals surface area contributed by atoms with E-state index in [2.05, 4.69) is 29.6 Å². The Morgan fingerprint density at radius 3 is 2.50 bits per heavy atom. The van der Waals surface area contributed by atoms with Crippen LogP contribution in [0, 0.1) is 0 Å². The third-order valence-corrected chi connectivity index (χ3v) is 5.42. The first-order valence-electron chi connectivity index (χ1n) is 10.3. The molecule has 0 heterocycles. The predicted molar refractivity (Wildman–Crippen MR) is 120 cm³/mol. The zero-order valence-corrected chi connectivity index (χ0v) is 18.2. The number of amides is 1. The smallest absolute Gasteiger partial charge is 0.275 e. The maximum Gasteiger partial charge on any atom is 0.275 e.